The van der Waals surface area contributed by atoms with Crippen molar-refractivity contribution in [3.05, 3.63) is 89.4 Å². The van der Waals surface area contributed by atoms with Crippen molar-refractivity contribution in [1.29, 1.82) is 0 Å². The molecule has 3 aromatic carbocycles. The van der Waals surface area contributed by atoms with Gasteiger partial charge in [0.05, 0.1) is 23.4 Å². The molecule has 0 heterocycles. The molecule has 3 rings (SSSR count). The number of rotatable bonds is 8. The fourth-order valence-corrected chi connectivity index (χ4v) is 4.49. The summed E-state index contributed by atoms with van der Waals surface area (Å²) in [6.07, 6.45) is 0. The number of sulfonamides is 1. The van der Waals surface area contributed by atoms with E-state index in [1.54, 1.807) is 62.6 Å². The van der Waals surface area contributed by atoms with Crippen LogP contribution >= 0.6 is 11.6 Å². The monoisotopic (exact) mass is 471 g/mol. The molecule has 32 heavy (non-hydrogen) atoms. The summed E-state index contributed by atoms with van der Waals surface area (Å²) in [7, 11) is -2.44. The van der Waals surface area contributed by atoms with Crippen molar-refractivity contribution in [2.45, 2.75) is 11.8 Å². The second kappa shape index (κ2) is 10.3. The van der Waals surface area contributed by atoms with Gasteiger partial charge in [-0.15, -0.1) is 0 Å². The number of anilines is 1. The lowest BCUT2D eigenvalue weighted by molar-refractivity contribution is -0.119. The van der Waals surface area contributed by atoms with Crippen molar-refractivity contribution in [2.24, 2.45) is 5.10 Å². The number of halogens is 1. The van der Waals surface area contributed by atoms with Crippen molar-refractivity contribution in [3.63, 3.8) is 0 Å². The molecule has 0 bridgehead atoms. The molecule has 7 nitrogen and oxygen atoms in total. The van der Waals surface area contributed by atoms with E-state index in [9.17, 15) is 13.2 Å². The van der Waals surface area contributed by atoms with Gasteiger partial charge in [0.15, 0.2) is 0 Å². The lowest BCUT2D eigenvalue weighted by Crippen LogP contribution is -2.39. The molecule has 0 aliphatic carbocycles. The molecule has 0 fully saturated rings. The zero-order valence-electron chi connectivity index (χ0n) is 17.5. The van der Waals surface area contributed by atoms with Crippen molar-refractivity contribution < 1.29 is 17.9 Å². The first-order valence-electron chi connectivity index (χ1n) is 9.62. The number of carbonyl (C=O) groups excluding carboxylic acids is 1. The van der Waals surface area contributed by atoms with Gasteiger partial charge in [0, 0.05) is 5.02 Å². The first kappa shape index (κ1) is 23.3. The molecule has 0 radical (unpaired) electrons. The molecule has 1 N–H and O–H groups in total. The second-order valence-corrected chi connectivity index (χ2v) is 9.06. The molecule has 0 saturated heterocycles. The maximum absolute atomic E-state index is 13.3. The highest BCUT2D eigenvalue weighted by Crippen LogP contribution is 2.26. The Hall–Kier alpha value is -3.36. The minimum Gasteiger partial charge on any atom is -0.497 e. The van der Waals surface area contributed by atoms with E-state index in [4.69, 9.17) is 16.3 Å². The van der Waals surface area contributed by atoms with Crippen molar-refractivity contribution >= 4 is 38.9 Å². The highest BCUT2D eigenvalue weighted by molar-refractivity contribution is 7.92. The predicted octanol–water partition coefficient (Wildman–Crippen LogP) is 4.08. The number of amides is 1. The molecule has 0 aliphatic rings. The first-order chi connectivity index (χ1) is 15.3. The molecular formula is C23H22ClN3O4S. The van der Waals surface area contributed by atoms with Gasteiger partial charge in [-0.3, -0.25) is 9.10 Å². The Labute approximate surface area is 192 Å². The SMILES string of the molecule is COc1ccc(/C(C)=N\NC(=O)CN(c2cccc(Cl)c2)S(=O)(=O)c2ccccc2)cc1. The van der Waals surface area contributed by atoms with Crippen LogP contribution < -0.4 is 14.5 Å². The first-order valence-corrected chi connectivity index (χ1v) is 11.4. The molecule has 0 aromatic heterocycles. The summed E-state index contributed by atoms with van der Waals surface area (Å²) in [5, 5.41) is 4.45. The van der Waals surface area contributed by atoms with Crippen LogP contribution in [0.15, 0.2) is 88.9 Å². The van der Waals surface area contributed by atoms with E-state index in [0.717, 1.165) is 9.87 Å². The molecule has 0 spiro atoms. The van der Waals surface area contributed by atoms with E-state index < -0.39 is 22.5 Å². The number of hydrogen-bond donors (Lipinski definition) is 1. The van der Waals surface area contributed by atoms with Crippen molar-refractivity contribution in [3.8, 4) is 5.75 Å². The van der Waals surface area contributed by atoms with Gasteiger partial charge in [-0.05, 0) is 67.1 Å². The number of hydrogen-bond acceptors (Lipinski definition) is 5. The molecule has 1 amide bonds. The molecule has 166 valence electrons. The van der Waals surface area contributed by atoms with Gasteiger partial charge in [-0.25, -0.2) is 13.8 Å². The number of nitrogens with zero attached hydrogens (tertiary/aromatic N) is 2. The Kier molecular flexibility index (Phi) is 7.50. The normalized spacial score (nSPS) is 11.7. The van der Waals surface area contributed by atoms with Crippen LogP contribution in [0.5, 0.6) is 5.75 Å². The Balaban J connectivity index is 1.83. The summed E-state index contributed by atoms with van der Waals surface area (Å²) in [6, 6.07) is 21.4. The number of benzene rings is 3. The van der Waals surface area contributed by atoms with E-state index in [-0.39, 0.29) is 10.6 Å². The lowest BCUT2D eigenvalue weighted by Gasteiger charge is -2.23. The van der Waals surface area contributed by atoms with E-state index >= 15 is 0 Å². The fraction of sp³-hybridized carbons (Fsp3) is 0.130. The van der Waals surface area contributed by atoms with Gasteiger partial charge in [-0.1, -0.05) is 35.9 Å². The maximum Gasteiger partial charge on any atom is 0.264 e. The van der Waals surface area contributed by atoms with Gasteiger partial charge in [0.25, 0.3) is 15.9 Å². The number of nitrogens with one attached hydrogen (secondary N) is 1. The Morgan fingerprint density at radius 1 is 1.03 bits per heavy atom. The van der Waals surface area contributed by atoms with Crippen molar-refractivity contribution in [2.75, 3.05) is 18.0 Å². The zero-order valence-corrected chi connectivity index (χ0v) is 19.1. The zero-order chi connectivity index (χ0) is 23.1. The smallest absolute Gasteiger partial charge is 0.264 e. The summed E-state index contributed by atoms with van der Waals surface area (Å²) in [5.74, 6) is 0.103. The Morgan fingerprint density at radius 3 is 2.34 bits per heavy atom. The number of ether oxygens (including phenoxy) is 1. The Bertz CT molecular complexity index is 1210. The maximum atomic E-state index is 13.3. The molecular weight excluding hydrogens is 450 g/mol. The van der Waals surface area contributed by atoms with Crippen LogP contribution in [0, 0.1) is 0 Å². The summed E-state index contributed by atoms with van der Waals surface area (Å²) >= 11 is 6.06. The summed E-state index contributed by atoms with van der Waals surface area (Å²) in [4.78, 5) is 12.7. The van der Waals surface area contributed by atoms with Crippen LogP contribution in [0.4, 0.5) is 5.69 Å². The average Bonchev–Trinajstić information content (AvgIpc) is 2.81. The summed E-state index contributed by atoms with van der Waals surface area (Å²) in [6.45, 7) is 1.26. The third kappa shape index (κ3) is 5.66. The second-order valence-electron chi connectivity index (χ2n) is 6.77. The van der Waals surface area contributed by atoms with Crippen LogP contribution in [0.25, 0.3) is 0 Å². The summed E-state index contributed by atoms with van der Waals surface area (Å²) in [5.41, 5.74) is 4.04. The highest BCUT2D eigenvalue weighted by Gasteiger charge is 2.27. The van der Waals surface area contributed by atoms with Gasteiger partial charge in [-0.2, -0.15) is 5.10 Å². The molecule has 9 heteroatoms. The van der Waals surface area contributed by atoms with Crippen LogP contribution in [-0.2, 0) is 14.8 Å². The molecule has 0 unspecified atom stereocenters. The topological polar surface area (TPSA) is 88.1 Å². The molecule has 0 aliphatic heterocycles. The molecule has 3 aromatic rings. The van der Waals surface area contributed by atoms with Crippen LogP contribution in [-0.4, -0.2) is 33.7 Å². The van der Waals surface area contributed by atoms with Gasteiger partial charge in [0.2, 0.25) is 0 Å². The third-order valence-electron chi connectivity index (χ3n) is 4.57. The standard InChI is InChI=1S/C23H22ClN3O4S/c1-17(18-11-13-21(31-2)14-12-18)25-26-23(28)16-27(20-8-6-7-19(24)15-20)32(29,30)22-9-4-3-5-10-22/h3-15H,16H2,1-2H3,(H,26,28)/b25-17-. The van der Waals surface area contributed by atoms with Crippen LogP contribution in [0.1, 0.15) is 12.5 Å². The van der Waals surface area contributed by atoms with E-state index in [1.807, 2.05) is 12.1 Å². The average molecular weight is 472 g/mol. The quantitative estimate of drug-likeness (QED) is 0.396. The fourth-order valence-electron chi connectivity index (χ4n) is 2.87. The minimum atomic E-state index is -4.01. The van der Waals surface area contributed by atoms with Gasteiger partial charge >= 0.3 is 0 Å². The van der Waals surface area contributed by atoms with Gasteiger partial charge < -0.3 is 4.74 Å². The lowest BCUT2D eigenvalue weighted by atomic mass is 10.1. The van der Waals surface area contributed by atoms with Crippen LogP contribution in [0.2, 0.25) is 5.02 Å². The van der Waals surface area contributed by atoms with Crippen molar-refractivity contribution in [1.82, 2.24) is 5.43 Å². The predicted molar refractivity (Wildman–Crippen MR) is 126 cm³/mol. The largest absolute Gasteiger partial charge is 0.497 e. The highest BCUT2D eigenvalue weighted by atomic mass is 35.5. The Morgan fingerprint density at radius 2 is 1.72 bits per heavy atom. The van der Waals surface area contributed by atoms with E-state index in [2.05, 4.69) is 10.5 Å². The summed E-state index contributed by atoms with van der Waals surface area (Å²) < 4.78 is 32.6. The number of hydrazone groups is 1. The van der Waals surface area contributed by atoms with Crippen LogP contribution in [0.3, 0.4) is 0 Å². The molecule has 0 saturated carbocycles. The van der Waals surface area contributed by atoms with Gasteiger partial charge in [0.1, 0.15) is 12.3 Å². The molecule has 0 atom stereocenters. The minimum absolute atomic E-state index is 0.0608. The van der Waals surface area contributed by atoms with E-state index in [0.29, 0.717) is 16.5 Å². The number of carbonyl (C=O) groups is 1. The third-order valence-corrected chi connectivity index (χ3v) is 6.59. The number of methoxy groups -OCH3 is 1. The van der Waals surface area contributed by atoms with E-state index in [1.165, 1.54) is 18.2 Å².